The average Bonchev–Trinajstić information content (AvgIpc) is 2.79. The predicted molar refractivity (Wildman–Crippen MR) is 120 cm³/mol. The number of para-hydroxylation sites is 1. The molecule has 0 radical (unpaired) electrons. The molecule has 0 spiro atoms. The summed E-state index contributed by atoms with van der Waals surface area (Å²) in [5.74, 6) is -0.796. The quantitative estimate of drug-likeness (QED) is 0.392. The summed E-state index contributed by atoms with van der Waals surface area (Å²) in [4.78, 5) is 26.1. The molecule has 0 heterocycles. The van der Waals surface area contributed by atoms with E-state index in [-0.39, 0.29) is 5.75 Å². The van der Waals surface area contributed by atoms with Crippen molar-refractivity contribution in [2.75, 3.05) is 19.0 Å². The van der Waals surface area contributed by atoms with Gasteiger partial charge in [-0.2, -0.15) is 0 Å². The number of carbonyl (C=O) groups is 2. The topological polar surface area (TPSA) is 84.9 Å². The molecule has 0 aliphatic carbocycles. The lowest BCUT2D eigenvalue weighted by Crippen LogP contribution is -2.20. The van der Waals surface area contributed by atoms with Crippen LogP contribution in [-0.4, -0.2) is 30.7 Å². The van der Waals surface area contributed by atoms with Crippen molar-refractivity contribution in [1.82, 2.24) is 0 Å². The number of hydrogen-bond acceptors (Lipinski definition) is 6. The molecule has 7 heteroatoms. The molecule has 3 rings (SSSR count). The molecule has 1 amide bonds. The monoisotopic (exact) mass is 435 g/mol. The van der Waals surface area contributed by atoms with Crippen molar-refractivity contribution in [3.63, 3.8) is 0 Å². The number of benzene rings is 3. The van der Waals surface area contributed by atoms with Crippen molar-refractivity contribution in [1.29, 1.82) is 0 Å². The summed E-state index contributed by atoms with van der Waals surface area (Å²) in [6, 6.07) is 21.9. The van der Waals surface area contributed by atoms with E-state index in [0.29, 0.717) is 17.0 Å². The number of aromatic hydroxyl groups is 1. The number of methoxy groups -OCH3 is 1. The largest absolute Gasteiger partial charge is 0.504 e. The minimum Gasteiger partial charge on any atom is -0.504 e. The highest BCUT2D eigenvalue weighted by molar-refractivity contribution is 7.99. The van der Waals surface area contributed by atoms with Crippen LogP contribution in [0.1, 0.15) is 5.56 Å². The van der Waals surface area contributed by atoms with E-state index >= 15 is 0 Å². The smallest absolute Gasteiger partial charge is 0.331 e. The maximum absolute atomic E-state index is 12.3. The first-order valence-corrected chi connectivity index (χ1v) is 10.2. The number of esters is 1. The van der Waals surface area contributed by atoms with Crippen molar-refractivity contribution in [3.8, 4) is 11.5 Å². The van der Waals surface area contributed by atoms with E-state index in [1.807, 2.05) is 48.5 Å². The number of amides is 1. The van der Waals surface area contributed by atoms with Gasteiger partial charge < -0.3 is 19.9 Å². The minimum absolute atomic E-state index is 0.00427. The van der Waals surface area contributed by atoms with Gasteiger partial charge in [-0.15, -0.1) is 0 Å². The molecule has 0 fully saturated rings. The number of nitrogens with one attached hydrogen (secondary N) is 1. The van der Waals surface area contributed by atoms with E-state index in [9.17, 15) is 14.7 Å². The van der Waals surface area contributed by atoms with E-state index < -0.39 is 18.5 Å². The molecule has 6 nitrogen and oxygen atoms in total. The third-order valence-corrected chi connectivity index (χ3v) is 5.18. The summed E-state index contributed by atoms with van der Waals surface area (Å²) in [5.41, 5.74) is 1.28. The highest BCUT2D eigenvalue weighted by Crippen LogP contribution is 2.33. The van der Waals surface area contributed by atoms with Crippen LogP contribution in [0.5, 0.6) is 11.5 Å². The molecule has 2 N–H and O–H groups in total. The van der Waals surface area contributed by atoms with Crippen molar-refractivity contribution < 1.29 is 24.2 Å². The summed E-state index contributed by atoms with van der Waals surface area (Å²) in [7, 11) is 1.44. The molecule has 0 saturated heterocycles. The highest BCUT2D eigenvalue weighted by atomic mass is 32.2. The molecule has 3 aromatic rings. The minimum atomic E-state index is -0.658. The van der Waals surface area contributed by atoms with Gasteiger partial charge in [-0.1, -0.05) is 48.2 Å². The summed E-state index contributed by atoms with van der Waals surface area (Å²) in [5, 5.41) is 12.4. The average molecular weight is 436 g/mol. The highest BCUT2D eigenvalue weighted by Gasteiger charge is 2.10. The van der Waals surface area contributed by atoms with E-state index in [1.54, 1.807) is 18.2 Å². The lowest BCUT2D eigenvalue weighted by atomic mass is 10.2. The standard InChI is InChI=1S/C24H21NO5S/c1-29-21-15-17(11-13-20(21)26)12-14-24(28)30-16-23(27)25-19-9-5-6-10-22(19)31-18-7-3-2-4-8-18/h2-15,26H,16H2,1H3,(H,25,27)/b14-12+. The Hall–Kier alpha value is -3.71. The molecular formula is C24H21NO5S. The second-order valence-electron chi connectivity index (χ2n) is 6.33. The van der Waals surface area contributed by atoms with Gasteiger partial charge in [0.05, 0.1) is 12.8 Å². The van der Waals surface area contributed by atoms with Gasteiger partial charge in [0.25, 0.3) is 5.91 Å². The van der Waals surface area contributed by atoms with Crippen LogP contribution in [0.2, 0.25) is 0 Å². The van der Waals surface area contributed by atoms with Crippen LogP contribution < -0.4 is 10.1 Å². The van der Waals surface area contributed by atoms with Crippen LogP contribution in [0.3, 0.4) is 0 Å². The molecule has 3 aromatic carbocycles. The van der Waals surface area contributed by atoms with E-state index in [1.165, 1.54) is 37.1 Å². The Balaban J connectivity index is 1.54. The number of ether oxygens (including phenoxy) is 2. The van der Waals surface area contributed by atoms with Crippen molar-refractivity contribution in [2.45, 2.75) is 9.79 Å². The Kier molecular flexibility index (Phi) is 7.73. The normalized spacial score (nSPS) is 10.6. The maximum Gasteiger partial charge on any atom is 0.331 e. The molecule has 0 bridgehead atoms. The van der Waals surface area contributed by atoms with Gasteiger partial charge >= 0.3 is 5.97 Å². The zero-order chi connectivity index (χ0) is 22.1. The third-order valence-electron chi connectivity index (χ3n) is 4.09. The van der Waals surface area contributed by atoms with Crippen molar-refractivity contribution in [3.05, 3.63) is 84.4 Å². The molecule has 0 saturated carbocycles. The van der Waals surface area contributed by atoms with E-state index in [2.05, 4.69) is 5.32 Å². The first-order chi connectivity index (χ1) is 15.0. The molecule has 0 unspecified atom stereocenters. The molecule has 0 aliphatic heterocycles. The molecule has 31 heavy (non-hydrogen) atoms. The van der Waals surface area contributed by atoms with Gasteiger partial charge in [0.1, 0.15) is 0 Å². The van der Waals surface area contributed by atoms with Gasteiger partial charge in [0, 0.05) is 15.9 Å². The number of anilines is 1. The van der Waals surface area contributed by atoms with Gasteiger partial charge in [-0.3, -0.25) is 4.79 Å². The summed E-state index contributed by atoms with van der Waals surface area (Å²) >= 11 is 1.53. The number of phenolic OH excluding ortho intramolecular Hbond substituents is 1. The maximum atomic E-state index is 12.3. The lowest BCUT2D eigenvalue weighted by molar-refractivity contribution is -0.142. The van der Waals surface area contributed by atoms with Crippen LogP contribution >= 0.6 is 11.8 Å². The summed E-state index contributed by atoms with van der Waals surface area (Å²) in [6.45, 7) is -0.410. The SMILES string of the molecule is COc1cc(/C=C/C(=O)OCC(=O)Nc2ccccc2Sc2ccccc2)ccc1O. The number of hydrogen-bond donors (Lipinski definition) is 2. The van der Waals surface area contributed by atoms with Crippen LogP contribution in [0.15, 0.2) is 88.7 Å². The van der Waals surface area contributed by atoms with Gasteiger partial charge in [0.15, 0.2) is 18.1 Å². The van der Waals surface area contributed by atoms with Gasteiger partial charge in [-0.05, 0) is 48.0 Å². The second kappa shape index (κ2) is 10.9. The molecule has 158 valence electrons. The van der Waals surface area contributed by atoms with Crippen LogP contribution in [0, 0.1) is 0 Å². The zero-order valence-corrected chi connectivity index (χ0v) is 17.6. The fraction of sp³-hybridized carbons (Fsp3) is 0.0833. The van der Waals surface area contributed by atoms with Crippen LogP contribution in [0.4, 0.5) is 5.69 Å². The fourth-order valence-electron chi connectivity index (χ4n) is 2.61. The molecule has 0 aromatic heterocycles. The van der Waals surface area contributed by atoms with Gasteiger partial charge in [0.2, 0.25) is 0 Å². The zero-order valence-electron chi connectivity index (χ0n) is 16.8. The van der Waals surface area contributed by atoms with Crippen molar-refractivity contribution in [2.24, 2.45) is 0 Å². The molecular weight excluding hydrogens is 414 g/mol. The fourth-order valence-corrected chi connectivity index (χ4v) is 3.53. The van der Waals surface area contributed by atoms with Gasteiger partial charge in [-0.25, -0.2) is 4.79 Å². The predicted octanol–water partition coefficient (Wildman–Crippen LogP) is 4.75. The molecule has 0 aliphatic rings. The Morgan fingerprint density at radius 2 is 1.77 bits per heavy atom. The van der Waals surface area contributed by atoms with Crippen molar-refractivity contribution >= 4 is 35.4 Å². The summed E-state index contributed by atoms with van der Waals surface area (Å²) < 4.78 is 10.0. The Morgan fingerprint density at radius 1 is 1.03 bits per heavy atom. The first kappa shape index (κ1) is 22.0. The second-order valence-corrected chi connectivity index (χ2v) is 7.45. The van der Waals surface area contributed by atoms with E-state index in [4.69, 9.17) is 9.47 Å². The molecule has 0 atom stereocenters. The van der Waals surface area contributed by atoms with Crippen LogP contribution in [0.25, 0.3) is 6.08 Å². The number of carbonyl (C=O) groups excluding carboxylic acids is 2. The third kappa shape index (κ3) is 6.65. The Bertz CT molecular complexity index is 1080. The lowest BCUT2D eigenvalue weighted by Gasteiger charge is -2.10. The number of rotatable bonds is 8. The van der Waals surface area contributed by atoms with E-state index in [0.717, 1.165) is 9.79 Å². The van der Waals surface area contributed by atoms with Crippen LogP contribution in [-0.2, 0) is 14.3 Å². The number of phenols is 1. The first-order valence-electron chi connectivity index (χ1n) is 9.39. The summed E-state index contributed by atoms with van der Waals surface area (Å²) in [6.07, 6.45) is 2.71. The Morgan fingerprint density at radius 3 is 2.55 bits per heavy atom. The Labute approximate surface area is 184 Å².